The van der Waals surface area contributed by atoms with Crippen molar-refractivity contribution in [1.29, 1.82) is 0 Å². The molecule has 0 radical (unpaired) electrons. The Kier molecular flexibility index (Phi) is 2.85. The van der Waals surface area contributed by atoms with Gasteiger partial charge in [-0.15, -0.1) is 0 Å². The fourth-order valence-electron chi connectivity index (χ4n) is 1.95. The molecule has 5 nitrogen and oxygen atoms in total. The van der Waals surface area contributed by atoms with Crippen LogP contribution in [-0.2, 0) is 13.6 Å². The lowest BCUT2D eigenvalue weighted by molar-refractivity contribution is 0.572. The van der Waals surface area contributed by atoms with E-state index in [0.717, 1.165) is 23.4 Å². The average molecular weight is 253 g/mol. The van der Waals surface area contributed by atoms with Crippen LogP contribution in [0.25, 0.3) is 11.2 Å². The van der Waals surface area contributed by atoms with Crippen molar-refractivity contribution >= 4 is 28.9 Å². The summed E-state index contributed by atoms with van der Waals surface area (Å²) < 4.78 is 4.02. The Hall–Kier alpha value is -1.17. The predicted molar refractivity (Wildman–Crippen MR) is 73.2 cm³/mol. The monoisotopic (exact) mass is 253 g/mol. The number of anilines is 1. The number of aromatic nitrogens is 4. The van der Waals surface area contributed by atoms with Crippen molar-refractivity contribution in [3.05, 3.63) is 5.69 Å². The van der Waals surface area contributed by atoms with Crippen molar-refractivity contribution in [2.75, 3.05) is 12.0 Å². The van der Waals surface area contributed by atoms with E-state index in [4.69, 9.17) is 5.73 Å². The first-order chi connectivity index (χ1) is 7.85. The van der Waals surface area contributed by atoms with Gasteiger partial charge in [-0.25, -0.2) is 4.98 Å². The lowest BCUT2D eigenvalue weighted by Crippen LogP contribution is -2.24. The van der Waals surface area contributed by atoms with Crippen LogP contribution in [0.3, 0.4) is 0 Å². The molecule has 0 unspecified atom stereocenters. The SMILES string of the molecule is CSC(C)(C)Cn1c(N)nc2c(C)nn(C)c21. The molecule has 17 heavy (non-hydrogen) atoms. The van der Waals surface area contributed by atoms with E-state index >= 15 is 0 Å². The maximum absolute atomic E-state index is 6.00. The van der Waals surface area contributed by atoms with Crippen LogP contribution in [0.2, 0.25) is 0 Å². The zero-order chi connectivity index (χ0) is 12.8. The quantitative estimate of drug-likeness (QED) is 0.906. The fraction of sp³-hybridized carbons (Fsp3) is 0.636. The number of nitrogens with zero attached hydrogens (tertiary/aromatic N) is 4. The highest BCUT2D eigenvalue weighted by atomic mass is 32.2. The van der Waals surface area contributed by atoms with E-state index in [1.807, 2.05) is 35.0 Å². The molecule has 0 bridgehead atoms. The standard InChI is InChI=1S/C11H19N5S/c1-7-8-9(15(4)14-7)16(10(12)13-8)6-11(2,3)17-5/h6H2,1-5H3,(H2,12,13). The van der Waals surface area contributed by atoms with Gasteiger partial charge in [0.25, 0.3) is 0 Å². The second kappa shape index (κ2) is 3.94. The Balaban J connectivity index is 2.57. The summed E-state index contributed by atoms with van der Waals surface area (Å²) in [6.45, 7) is 7.19. The predicted octanol–water partition coefficient (Wildman–Crippen LogP) is 1.80. The molecule has 0 amide bonds. The molecule has 6 heteroatoms. The highest BCUT2D eigenvalue weighted by molar-refractivity contribution is 7.99. The lowest BCUT2D eigenvalue weighted by Gasteiger charge is -2.23. The van der Waals surface area contributed by atoms with Crippen molar-refractivity contribution in [1.82, 2.24) is 19.3 Å². The molecule has 2 aromatic heterocycles. The molecule has 2 aromatic rings. The van der Waals surface area contributed by atoms with Crippen LogP contribution in [-0.4, -0.2) is 30.3 Å². The van der Waals surface area contributed by atoms with Gasteiger partial charge in [0, 0.05) is 18.3 Å². The number of nitrogens with two attached hydrogens (primary N) is 1. The van der Waals surface area contributed by atoms with Gasteiger partial charge in [0.2, 0.25) is 5.95 Å². The zero-order valence-corrected chi connectivity index (χ0v) is 11.8. The highest BCUT2D eigenvalue weighted by Gasteiger charge is 2.22. The Morgan fingerprint density at radius 1 is 1.41 bits per heavy atom. The topological polar surface area (TPSA) is 61.7 Å². The van der Waals surface area contributed by atoms with Gasteiger partial charge in [-0.3, -0.25) is 9.25 Å². The largest absolute Gasteiger partial charge is 0.369 e. The summed E-state index contributed by atoms with van der Waals surface area (Å²) in [4.78, 5) is 4.40. The Morgan fingerprint density at radius 3 is 2.65 bits per heavy atom. The maximum atomic E-state index is 6.00. The van der Waals surface area contributed by atoms with Crippen molar-refractivity contribution in [3.63, 3.8) is 0 Å². The molecule has 0 aliphatic rings. The van der Waals surface area contributed by atoms with Gasteiger partial charge < -0.3 is 5.73 Å². The number of hydrogen-bond donors (Lipinski definition) is 1. The minimum absolute atomic E-state index is 0.125. The molecule has 0 aliphatic heterocycles. The van der Waals surface area contributed by atoms with Gasteiger partial charge in [0.15, 0.2) is 5.65 Å². The summed E-state index contributed by atoms with van der Waals surface area (Å²) in [6, 6.07) is 0. The van der Waals surface area contributed by atoms with E-state index in [1.165, 1.54) is 0 Å². The van der Waals surface area contributed by atoms with Crippen LogP contribution in [0.15, 0.2) is 0 Å². The number of fused-ring (bicyclic) bond motifs is 1. The molecule has 2 N–H and O–H groups in total. The Bertz CT molecular complexity index is 552. The summed E-state index contributed by atoms with van der Waals surface area (Å²) in [5.74, 6) is 0.568. The van der Waals surface area contributed by atoms with E-state index < -0.39 is 0 Å². The van der Waals surface area contributed by atoms with Crippen molar-refractivity contribution in [2.45, 2.75) is 32.1 Å². The fourth-order valence-corrected chi connectivity index (χ4v) is 2.21. The minimum Gasteiger partial charge on any atom is -0.369 e. The average Bonchev–Trinajstić information content (AvgIpc) is 2.68. The highest BCUT2D eigenvalue weighted by Crippen LogP contribution is 2.28. The van der Waals surface area contributed by atoms with Crippen molar-refractivity contribution in [2.24, 2.45) is 7.05 Å². The van der Waals surface area contributed by atoms with Gasteiger partial charge in [0.05, 0.1) is 5.69 Å². The molecular formula is C11H19N5S. The van der Waals surface area contributed by atoms with Crippen LogP contribution < -0.4 is 5.73 Å². The molecule has 0 spiro atoms. The molecule has 2 rings (SSSR count). The number of hydrogen-bond acceptors (Lipinski definition) is 4. The molecule has 0 saturated carbocycles. The number of thioether (sulfide) groups is 1. The van der Waals surface area contributed by atoms with Crippen LogP contribution in [0.5, 0.6) is 0 Å². The lowest BCUT2D eigenvalue weighted by atomic mass is 10.2. The van der Waals surface area contributed by atoms with Crippen LogP contribution in [0, 0.1) is 6.92 Å². The number of rotatable bonds is 3. The van der Waals surface area contributed by atoms with Crippen LogP contribution >= 0.6 is 11.8 Å². The molecule has 0 saturated heterocycles. The zero-order valence-electron chi connectivity index (χ0n) is 11.0. The molecule has 0 aliphatic carbocycles. The van der Waals surface area contributed by atoms with Gasteiger partial charge in [-0.2, -0.15) is 16.9 Å². The molecule has 0 aromatic carbocycles. The van der Waals surface area contributed by atoms with E-state index in [9.17, 15) is 0 Å². The molecule has 2 heterocycles. The normalized spacial score (nSPS) is 12.5. The summed E-state index contributed by atoms with van der Waals surface area (Å²) in [7, 11) is 1.93. The maximum Gasteiger partial charge on any atom is 0.202 e. The van der Waals surface area contributed by atoms with E-state index in [1.54, 1.807) is 0 Å². The van der Waals surface area contributed by atoms with Crippen molar-refractivity contribution < 1.29 is 0 Å². The molecule has 0 fully saturated rings. The first-order valence-corrected chi connectivity index (χ1v) is 6.78. The Morgan fingerprint density at radius 2 is 2.06 bits per heavy atom. The summed E-state index contributed by atoms with van der Waals surface area (Å²) in [6.07, 6.45) is 2.11. The molecule has 0 atom stereocenters. The second-order valence-electron chi connectivity index (χ2n) is 4.90. The van der Waals surface area contributed by atoms with Gasteiger partial charge in [-0.05, 0) is 27.0 Å². The third-order valence-corrected chi connectivity index (χ3v) is 4.25. The second-order valence-corrected chi connectivity index (χ2v) is 6.41. The first kappa shape index (κ1) is 12.3. The van der Waals surface area contributed by atoms with Crippen LogP contribution in [0.4, 0.5) is 5.95 Å². The third-order valence-electron chi connectivity index (χ3n) is 3.01. The molecule has 94 valence electrons. The first-order valence-electron chi connectivity index (χ1n) is 5.56. The third kappa shape index (κ3) is 2.01. The number of imidazole rings is 1. The van der Waals surface area contributed by atoms with E-state index in [0.29, 0.717) is 5.95 Å². The van der Waals surface area contributed by atoms with Gasteiger partial charge in [0.1, 0.15) is 5.52 Å². The Labute approximate surface area is 105 Å². The summed E-state index contributed by atoms with van der Waals surface area (Å²) in [5, 5.41) is 4.38. The van der Waals surface area contributed by atoms with E-state index in [-0.39, 0.29) is 4.75 Å². The summed E-state index contributed by atoms with van der Waals surface area (Å²) >= 11 is 1.82. The van der Waals surface area contributed by atoms with Crippen LogP contribution in [0.1, 0.15) is 19.5 Å². The summed E-state index contributed by atoms with van der Waals surface area (Å²) in [5.41, 5.74) is 8.83. The molecular weight excluding hydrogens is 234 g/mol. The van der Waals surface area contributed by atoms with Gasteiger partial charge >= 0.3 is 0 Å². The van der Waals surface area contributed by atoms with Gasteiger partial charge in [-0.1, -0.05) is 0 Å². The smallest absolute Gasteiger partial charge is 0.202 e. The minimum atomic E-state index is 0.125. The van der Waals surface area contributed by atoms with Crippen molar-refractivity contribution in [3.8, 4) is 0 Å². The number of nitrogen functional groups attached to an aromatic ring is 1. The van der Waals surface area contributed by atoms with E-state index in [2.05, 4.69) is 30.2 Å². The number of aryl methyl sites for hydroxylation is 2.